The molecular formula is C22H22N6. The predicted molar refractivity (Wildman–Crippen MR) is 110 cm³/mol. The van der Waals surface area contributed by atoms with Crippen molar-refractivity contribution in [3.05, 3.63) is 77.1 Å². The lowest BCUT2D eigenvalue weighted by molar-refractivity contribution is 0.295. The van der Waals surface area contributed by atoms with Crippen molar-refractivity contribution in [2.45, 2.75) is 19.0 Å². The van der Waals surface area contributed by atoms with Crippen LogP contribution in [0, 0.1) is 0 Å². The van der Waals surface area contributed by atoms with Gasteiger partial charge in [0.1, 0.15) is 0 Å². The van der Waals surface area contributed by atoms with Crippen LogP contribution in [-0.2, 0) is 13.1 Å². The normalized spacial score (nSPS) is 17.0. The van der Waals surface area contributed by atoms with Crippen molar-refractivity contribution < 1.29 is 0 Å². The molecular weight excluding hydrogens is 348 g/mol. The summed E-state index contributed by atoms with van der Waals surface area (Å²) in [4.78, 5) is 2.37. The van der Waals surface area contributed by atoms with Crippen LogP contribution in [0.2, 0.25) is 0 Å². The van der Waals surface area contributed by atoms with Crippen LogP contribution in [0.5, 0.6) is 0 Å². The molecule has 1 unspecified atom stereocenters. The molecule has 2 aromatic carbocycles. The Morgan fingerprint density at radius 1 is 1.11 bits per heavy atom. The standard InChI is InChI=1S/C22H22N6/c1-28-12-17-9-15(21-7-4-18(10-23)25-27-21)2-5-19(17)20(13-28)14-3-6-22-16(8-14)11-24-26-22/h2-9,11,20H,10,12-13,23H2,1H3,(H,24,26). The first kappa shape index (κ1) is 17.0. The second-order valence-corrected chi connectivity index (χ2v) is 7.49. The van der Waals surface area contributed by atoms with E-state index in [1.165, 1.54) is 16.7 Å². The first-order chi connectivity index (χ1) is 13.7. The number of rotatable bonds is 3. The maximum absolute atomic E-state index is 5.63. The quantitative estimate of drug-likeness (QED) is 0.579. The molecule has 0 fully saturated rings. The van der Waals surface area contributed by atoms with Crippen molar-refractivity contribution >= 4 is 10.9 Å². The zero-order valence-electron chi connectivity index (χ0n) is 15.8. The van der Waals surface area contributed by atoms with Gasteiger partial charge in [0.15, 0.2) is 0 Å². The fourth-order valence-electron chi connectivity index (χ4n) is 4.09. The van der Waals surface area contributed by atoms with Crippen molar-refractivity contribution in [3.8, 4) is 11.3 Å². The highest BCUT2D eigenvalue weighted by Crippen LogP contribution is 2.35. The highest BCUT2D eigenvalue weighted by molar-refractivity contribution is 5.79. The smallest absolute Gasteiger partial charge is 0.0929 e. The minimum absolute atomic E-state index is 0.341. The maximum Gasteiger partial charge on any atom is 0.0929 e. The molecule has 0 saturated heterocycles. The molecule has 6 nitrogen and oxygen atoms in total. The highest BCUT2D eigenvalue weighted by atomic mass is 15.1. The van der Waals surface area contributed by atoms with Crippen LogP contribution in [0.3, 0.4) is 0 Å². The van der Waals surface area contributed by atoms with Crippen LogP contribution in [0.1, 0.15) is 28.3 Å². The van der Waals surface area contributed by atoms with Crippen LogP contribution in [0.4, 0.5) is 0 Å². The number of aromatic amines is 1. The fourth-order valence-corrected chi connectivity index (χ4v) is 4.09. The Labute approximate surface area is 163 Å². The summed E-state index contributed by atoms with van der Waals surface area (Å²) in [6.45, 7) is 2.34. The van der Waals surface area contributed by atoms with Gasteiger partial charge < -0.3 is 10.6 Å². The Bertz CT molecular complexity index is 1130. The van der Waals surface area contributed by atoms with Crippen LogP contribution in [0.25, 0.3) is 22.2 Å². The lowest BCUT2D eigenvalue weighted by atomic mass is 9.83. The van der Waals surface area contributed by atoms with Gasteiger partial charge in [0.25, 0.3) is 0 Å². The number of hydrogen-bond acceptors (Lipinski definition) is 5. The van der Waals surface area contributed by atoms with Gasteiger partial charge in [-0.2, -0.15) is 15.3 Å². The summed E-state index contributed by atoms with van der Waals surface area (Å²) in [5, 5.41) is 16.9. The molecule has 2 aromatic heterocycles. The minimum Gasteiger partial charge on any atom is -0.325 e. The second kappa shape index (κ2) is 6.82. The van der Waals surface area contributed by atoms with Crippen molar-refractivity contribution in [3.63, 3.8) is 0 Å². The SMILES string of the molecule is CN1Cc2cc(-c3ccc(CN)nn3)ccc2C(c2ccc3[nH]ncc3c2)C1. The number of H-pyrrole nitrogens is 1. The molecule has 1 aliphatic heterocycles. The summed E-state index contributed by atoms with van der Waals surface area (Å²) in [6, 6.07) is 17.2. The zero-order chi connectivity index (χ0) is 19.1. The number of nitrogens with zero attached hydrogens (tertiary/aromatic N) is 4. The van der Waals surface area contributed by atoms with Gasteiger partial charge in [-0.3, -0.25) is 5.10 Å². The van der Waals surface area contributed by atoms with Gasteiger partial charge in [0.05, 0.1) is 23.1 Å². The third-order valence-corrected chi connectivity index (χ3v) is 5.54. The fraction of sp³-hybridized carbons (Fsp3) is 0.227. The Kier molecular flexibility index (Phi) is 4.15. The van der Waals surface area contributed by atoms with Gasteiger partial charge in [-0.15, -0.1) is 0 Å². The van der Waals surface area contributed by atoms with Crippen LogP contribution in [0.15, 0.2) is 54.7 Å². The largest absolute Gasteiger partial charge is 0.325 e. The van der Waals surface area contributed by atoms with Gasteiger partial charge >= 0.3 is 0 Å². The molecule has 0 bridgehead atoms. The van der Waals surface area contributed by atoms with E-state index in [9.17, 15) is 0 Å². The number of hydrogen-bond donors (Lipinski definition) is 2. The lowest BCUT2D eigenvalue weighted by Gasteiger charge is -2.33. The Morgan fingerprint density at radius 2 is 2.04 bits per heavy atom. The number of aromatic nitrogens is 4. The molecule has 3 heterocycles. The van der Waals surface area contributed by atoms with Gasteiger partial charge in [-0.1, -0.05) is 18.2 Å². The van der Waals surface area contributed by atoms with E-state index >= 15 is 0 Å². The highest BCUT2D eigenvalue weighted by Gasteiger charge is 2.25. The third kappa shape index (κ3) is 2.96. The number of fused-ring (bicyclic) bond motifs is 2. The minimum atomic E-state index is 0.341. The monoisotopic (exact) mass is 370 g/mol. The third-order valence-electron chi connectivity index (χ3n) is 5.54. The molecule has 140 valence electrons. The van der Waals surface area contributed by atoms with E-state index in [0.717, 1.165) is 40.9 Å². The molecule has 0 saturated carbocycles. The van der Waals surface area contributed by atoms with E-state index in [4.69, 9.17) is 5.73 Å². The van der Waals surface area contributed by atoms with E-state index in [-0.39, 0.29) is 0 Å². The first-order valence-electron chi connectivity index (χ1n) is 9.49. The summed E-state index contributed by atoms with van der Waals surface area (Å²) < 4.78 is 0. The van der Waals surface area contributed by atoms with E-state index in [0.29, 0.717) is 12.5 Å². The predicted octanol–water partition coefficient (Wildman–Crippen LogP) is 3.06. The second-order valence-electron chi connectivity index (χ2n) is 7.49. The van der Waals surface area contributed by atoms with Crippen molar-refractivity contribution in [2.75, 3.05) is 13.6 Å². The van der Waals surface area contributed by atoms with Crippen molar-refractivity contribution in [2.24, 2.45) is 5.73 Å². The summed E-state index contributed by atoms with van der Waals surface area (Å²) in [6.07, 6.45) is 1.89. The van der Waals surface area contributed by atoms with Crippen LogP contribution in [-0.4, -0.2) is 38.9 Å². The summed E-state index contributed by atoms with van der Waals surface area (Å²) in [5.74, 6) is 0.341. The zero-order valence-corrected chi connectivity index (χ0v) is 15.8. The summed E-state index contributed by atoms with van der Waals surface area (Å²) >= 11 is 0. The van der Waals surface area contributed by atoms with E-state index in [2.05, 4.69) is 68.7 Å². The molecule has 0 aliphatic carbocycles. The van der Waals surface area contributed by atoms with Gasteiger partial charge in [-0.05, 0) is 54.1 Å². The van der Waals surface area contributed by atoms with Crippen LogP contribution >= 0.6 is 0 Å². The number of benzene rings is 2. The lowest BCUT2D eigenvalue weighted by Crippen LogP contribution is -2.31. The number of likely N-dealkylation sites (N-methyl/N-ethyl adjacent to an activating group) is 1. The topological polar surface area (TPSA) is 83.7 Å². The molecule has 1 atom stereocenters. The van der Waals surface area contributed by atoms with E-state index < -0.39 is 0 Å². The van der Waals surface area contributed by atoms with Crippen molar-refractivity contribution in [1.29, 1.82) is 0 Å². The molecule has 6 heteroatoms. The Balaban J connectivity index is 1.54. The summed E-state index contributed by atoms with van der Waals surface area (Å²) in [7, 11) is 2.18. The average molecular weight is 370 g/mol. The van der Waals surface area contributed by atoms with Gasteiger partial charge in [0, 0.05) is 36.5 Å². The van der Waals surface area contributed by atoms with Gasteiger partial charge in [0.2, 0.25) is 0 Å². The molecule has 1 aliphatic rings. The van der Waals surface area contributed by atoms with E-state index in [1.807, 2.05) is 18.3 Å². The Morgan fingerprint density at radius 3 is 2.86 bits per heavy atom. The molecule has 0 amide bonds. The van der Waals surface area contributed by atoms with Crippen molar-refractivity contribution in [1.82, 2.24) is 25.3 Å². The molecule has 0 spiro atoms. The van der Waals surface area contributed by atoms with Gasteiger partial charge in [-0.25, -0.2) is 0 Å². The number of nitrogens with two attached hydrogens (primary N) is 1. The first-order valence-corrected chi connectivity index (χ1v) is 9.49. The average Bonchev–Trinajstić information content (AvgIpc) is 3.20. The Hall–Kier alpha value is -3.09. The molecule has 4 aromatic rings. The molecule has 3 N–H and O–H groups in total. The molecule has 5 rings (SSSR count). The molecule has 0 radical (unpaired) electrons. The van der Waals surface area contributed by atoms with E-state index in [1.54, 1.807) is 0 Å². The molecule has 28 heavy (non-hydrogen) atoms. The number of nitrogens with one attached hydrogen (secondary N) is 1. The van der Waals surface area contributed by atoms with Crippen LogP contribution < -0.4 is 5.73 Å². The summed E-state index contributed by atoms with van der Waals surface area (Å²) in [5.41, 5.74) is 13.5. The maximum atomic E-state index is 5.63.